The van der Waals surface area contributed by atoms with Gasteiger partial charge in [-0.2, -0.15) is 24.9 Å². The Morgan fingerprint density at radius 1 is 1.02 bits per heavy atom. The number of nitrogens with zero attached hydrogens (tertiary/aromatic N) is 5. The maximum Gasteiger partial charge on any atom is 0.389 e. The number of methoxy groups -OCH3 is 1. The van der Waals surface area contributed by atoms with Crippen LogP contribution in [0.4, 0.5) is 19.0 Å². The Balaban J connectivity index is 2.78. The first-order valence-electron chi connectivity index (χ1n) is 12.4. The van der Waals surface area contributed by atoms with E-state index >= 15 is 0 Å². The van der Waals surface area contributed by atoms with Crippen molar-refractivity contribution in [2.45, 2.75) is 63.9 Å². The van der Waals surface area contributed by atoms with Gasteiger partial charge in [-0.1, -0.05) is 11.8 Å². The SMILES string of the molecule is COC(COC(C)=O)[C@@H](OC(C)=O)[C@@H](OC(C)=O)n1cnc2c(N(CCSC)C(C)=O)nc(SCCC(F)(F)F)nc21. The van der Waals surface area contributed by atoms with Gasteiger partial charge in [0.2, 0.25) is 12.1 Å². The second-order valence-corrected chi connectivity index (χ2v) is 10.7. The summed E-state index contributed by atoms with van der Waals surface area (Å²) in [6.45, 7) is 4.49. The van der Waals surface area contributed by atoms with E-state index in [1.165, 1.54) is 41.6 Å². The molecule has 0 bridgehead atoms. The Morgan fingerprint density at radius 2 is 1.69 bits per heavy atom. The average molecular weight is 640 g/mol. The quantitative estimate of drug-likeness (QED) is 0.122. The molecular weight excluding hydrogens is 607 g/mol. The minimum absolute atomic E-state index is 0.0311. The second-order valence-electron chi connectivity index (χ2n) is 8.68. The third-order valence-corrected chi connectivity index (χ3v) is 6.86. The van der Waals surface area contributed by atoms with Gasteiger partial charge >= 0.3 is 24.1 Å². The molecule has 2 rings (SSSR count). The highest BCUT2D eigenvalue weighted by Gasteiger charge is 2.39. The van der Waals surface area contributed by atoms with E-state index in [1.807, 2.05) is 6.26 Å². The Kier molecular flexibility index (Phi) is 13.3. The molecular formula is C24H32F3N5O8S2. The van der Waals surface area contributed by atoms with E-state index in [9.17, 15) is 32.3 Å². The smallest absolute Gasteiger partial charge is 0.389 e. The van der Waals surface area contributed by atoms with Crippen LogP contribution in [0.1, 0.15) is 40.3 Å². The number of carbonyl (C=O) groups excluding carboxylic acids is 4. The number of hydrogen-bond donors (Lipinski definition) is 0. The molecule has 2 aromatic rings. The van der Waals surface area contributed by atoms with Crippen LogP contribution < -0.4 is 4.90 Å². The molecule has 0 N–H and O–H groups in total. The van der Waals surface area contributed by atoms with Crippen molar-refractivity contribution in [2.24, 2.45) is 0 Å². The van der Waals surface area contributed by atoms with Gasteiger partial charge in [0.15, 0.2) is 28.2 Å². The van der Waals surface area contributed by atoms with Crippen LogP contribution in [-0.4, -0.2) is 99.7 Å². The van der Waals surface area contributed by atoms with Crippen molar-refractivity contribution in [3.05, 3.63) is 6.33 Å². The van der Waals surface area contributed by atoms with Crippen molar-refractivity contribution in [2.75, 3.05) is 42.9 Å². The molecule has 1 amide bonds. The van der Waals surface area contributed by atoms with E-state index in [0.717, 1.165) is 20.8 Å². The first-order chi connectivity index (χ1) is 19.7. The van der Waals surface area contributed by atoms with Crippen LogP contribution >= 0.6 is 23.5 Å². The summed E-state index contributed by atoms with van der Waals surface area (Å²) in [6, 6.07) is 0. The molecule has 0 aliphatic carbocycles. The van der Waals surface area contributed by atoms with Crippen LogP contribution in [0.2, 0.25) is 0 Å². The van der Waals surface area contributed by atoms with Crippen molar-refractivity contribution in [1.29, 1.82) is 0 Å². The van der Waals surface area contributed by atoms with Gasteiger partial charge in [0.25, 0.3) is 0 Å². The predicted octanol–water partition coefficient (Wildman–Crippen LogP) is 3.16. The van der Waals surface area contributed by atoms with Gasteiger partial charge < -0.3 is 18.9 Å². The molecule has 0 fully saturated rings. The van der Waals surface area contributed by atoms with E-state index in [0.29, 0.717) is 17.5 Å². The van der Waals surface area contributed by atoms with E-state index in [-0.39, 0.29) is 35.3 Å². The number of carbonyl (C=O) groups is 4. The lowest BCUT2D eigenvalue weighted by Crippen LogP contribution is -2.44. The van der Waals surface area contributed by atoms with Crippen molar-refractivity contribution in [1.82, 2.24) is 19.5 Å². The summed E-state index contributed by atoms with van der Waals surface area (Å²) in [7, 11) is 1.26. The molecule has 3 atom stereocenters. The largest absolute Gasteiger partial charge is 0.463 e. The number of halogens is 3. The Morgan fingerprint density at radius 3 is 2.21 bits per heavy atom. The Labute approximate surface area is 248 Å². The van der Waals surface area contributed by atoms with Gasteiger partial charge in [-0.3, -0.25) is 28.6 Å². The fourth-order valence-electron chi connectivity index (χ4n) is 3.63. The van der Waals surface area contributed by atoms with E-state index in [1.54, 1.807) is 0 Å². The number of esters is 3. The molecule has 13 nitrogen and oxygen atoms in total. The standard InChI is InChI=1S/C24H32F3N5O8S2/c1-13(33)31(8-10-41-6)20-18-21(30-23(29-20)42-9-7-24(25,26)27)32(12-28-18)22(40-16(4)36)19(39-15(3)35)17(37-5)11-38-14(2)34/h12,17,19,22H,7-11H2,1-6H3/t17?,19-,22-/m1/s1. The van der Waals surface area contributed by atoms with Gasteiger partial charge in [0.1, 0.15) is 19.0 Å². The van der Waals surface area contributed by atoms with Crippen molar-refractivity contribution < 1.29 is 51.3 Å². The normalized spacial score (nSPS) is 13.7. The van der Waals surface area contributed by atoms with Gasteiger partial charge in [-0.05, 0) is 6.26 Å². The number of rotatable bonds is 15. The van der Waals surface area contributed by atoms with Gasteiger partial charge in [-0.15, -0.1) is 0 Å². The lowest BCUT2D eigenvalue weighted by Gasteiger charge is -2.32. The van der Waals surface area contributed by atoms with E-state index in [2.05, 4.69) is 15.0 Å². The summed E-state index contributed by atoms with van der Waals surface area (Å²) in [5.74, 6) is -2.51. The molecule has 0 aromatic carbocycles. The summed E-state index contributed by atoms with van der Waals surface area (Å²) in [5, 5.41) is -0.104. The zero-order valence-corrected chi connectivity index (χ0v) is 25.4. The third-order valence-electron chi connectivity index (χ3n) is 5.42. The topological polar surface area (TPSA) is 152 Å². The highest BCUT2D eigenvalue weighted by molar-refractivity contribution is 7.99. The first kappa shape index (κ1) is 35.1. The molecule has 18 heteroatoms. The van der Waals surface area contributed by atoms with Crippen LogP contribution in [0.15, 0.2) is 11.5 Å². The van der Waals surface area contributed by atoms with Crippen molar-refractivity contribution in [3.8, 4) is 0 Å². The molecule has 2 aromatic heterocycles. The molecule has 0 aliphatic rings. The van der Waals surface area contributed by atoms with Gasteiger partial charge in [0, 0.05) is 52.9 Å². The number of thioether (sulfide) groups is 2. The molecule has 0 saturated carbocycles. The fourth-order valence-corrected chi connectivity index (χ4v) is 4.82. The summed E-state index contributed by atoms with van der Waals surface area (Å²) in [4.78, 5) is 62.7. The lowest BCUT2D eigenvalue weighted by atomic mass is 10.1. The molecule has 1 unspecified atom stereocenters. The van der Waals surface area contributed by atoms with Crippen LogP contribution in [0, 0.1) is 0 Å². The highest BCUT2D eigenvalue weighted by Crippen LogP contribution is 2.32. The summed E-state index contributed by atoms with van der Waals surface area (Å²) in [6.07, 6.45) is -6.55. The summed E-state index contributed by atoms with van der Waals surface area (Å²) in [5.41, 5.74) is 0.0369. The van der Waals surface area contributed by atoms with E-state index in [4.69, 9.17) is 18.9 Å². The number of imidazole rings is 1. The summed E-state index contributed by atoms with van der Waals surface area (Å²) < 4.78 is 61.2. The average Bonchev–Trinajstić information content (AvgIpc) is 3.29. The minimum Gasteiger partial charge on any atom is -0.463 e. The monoisotopic (exact) mass is 639 g/mol. The Bertz CT molecular complexity index is 1260. The highest BCUT2D eigenvalue weighted by atomic mass is 32.2. The zero-order valence-electron chi connectivity index (χ0n) is 23.8. The number of aromatic nitrogens is 4. The number of anilines is 1. The van der Waals surface area contributed by atoms with Crippen molar-refractivity contribution >= 4 is 64.3 Å². The fraction of sp³-hybridized carbons (Fsp3) is 0.625. The number of hydrogen-bond acceptors (Lipinski definition) is 13. The molecule has 0 spiro atoms. The predicted molar refractivity (Wildman–Crippen MR) is 147 cm³/mol. The molecule has 234 valence electrons. The second kappa shape index (κ2) is 15.9. The Hall–Kier alpha value is -3.12. The number of ether oxygens (including phenoxy) is 4. The maximum absolute atomic E-state index is 12.9. The molecule has 2 heterocycles. The molecule has 0 radical (unpaired) electrons. The molecule has 0 aliphatic heterocycles. The lowest BCUT2D eigenvalue weighted by molar-refractivity contribution is -0.192. The number of fused-ring (bicyclic) bond motifs is 1. The molecule has 42 heavy (non-hydrogen) atoms. The van der Waals surface area contributed by atoms with Crippen LogP contribution in [0.25, 0.3) is 11.2 Å². The molecule has 0 saturated heterocycles. The van der Waals surface area contributed by atoms with Gasteiger partial charge in [0.05, 0.1) is 6.42 Å². The van der Waals surface area contributed by atoms with Gasteiger partial charge in [-0.25, -0.2) is 15.0 Å². The van der Waals surface area contributed by atoms with Crippen LogP contribution in [0.5, 0.6) is 0 Å². The number of amides is 1. The van der Waals surface area contributed by atoms with E-state index < -0.39 is 60.6 Å². The summed E-state index contributed by atoms with van der Waals surface area (Å²) >= 11 is 2.16. The maximum atomic E-state index is 12.9. The number of alkyl halides is 3. The zero-order chi connectivity index (χ0) is 31.6. The van der Waals surface area contributed by atoms with Crippen LogP contribution in [-0.2, 0) is 38.1 Å². The third kappa shape index (κ3) is 10.3. The van der Waals surface area contributed by atoms with Crippen molar-refractivity contribution in [3.63, 3.8) is 0 Å². The minimum atomic E-state index is -4.42. The first-order valence-corrected chi connectivity index (χ1v) is 14.8. The van der Waals surface area contributed by atoms with Crippen LogP contribution in [0.3, 0.4) is 0 Å².